The Morgan fingerprint density at radius 2 is 1.17 bits per heavy atom. The molecule has 1 nitrogen and oxygen atoms in total. The molecular weight excluding hydrogens is 415 g/mol. The Morgan fingerprint density at radius 1 is 0.750 bits per heavy atom. The molecule has 0 saturated heterocycles. The van der Waals surface area contributed by atoms with Gasteiger partial charge in [-0.25, -0.2) is 0 Å². The molecule has 1 N–H and O–H groups in total. The van der Waals surface area contributed by atoms with Gasteiger partial charge in [0.15, 0.2) is 0 Å². The van der Waals surface area contributed by atoms with E-state index in [0.29, 0.717) is 0 Å². The summed E-state index contributed by atoms with van der Waals surface area (Å²) in [6, 6.07) is 0. The summed E-state index contributed by atoms with van der Waals surface area (Å²) < 4.78 is 5.76. The Hall–Kier alpha value is 0.976. The molecule has 0 rings (SSSR count). The van der Waals surface area contributed by atoms with Crippen molar-refractivity contribution >= 4 is 26.5 Å². The van der Waals surface area contributed by atoms with Crippen molar-refractivity contribution in [2.45, 2.75) is 128 Å². The summed E-state index contributed by atoms with van der Waals surface area (Å²) in [4.78, 5) is 0. The van der Waals surface area contributed by atoms with Gasteiger partial charge < -0.3 is 0 Å². The van der Waals surface area contributed by atoms with E-state index in [4.69, 9.17) is 0 Å². The molecule has 3 heteroatoms. The summed E-state index contributed by atoms with van der Waals surface area (Å²) in [6.07, 6.45) is 11.7. The Morgan fingerprint density at radius 3 is 1.46 bits per heavy atom. The van der Waals surface area contributed by atoms with Gasteiger partial charge in [-0.3, -0.25) is 0 Å². The van der Waals surface area contributed by atoms with Crippen LogP contribution in [0.2, 0.25) is 36.5 Å². The Bertz CT molecular complexity index is 279. The first-order valence-electron chi connectivity index (χ1n) is 10.9. The summed E-state index contributed by atoms with van der Waals surface area (Å²) in [5.41, 5.74) is 0. The third kappa shape index (κ3) is 9.07. The van der Waals surface area contributed by atoms with Gasteiger partial charge >= 0.3 is 160 Å². The van der Waals surface area contributed by atoms with Crippen molar-refractivity contribution in [3.8, 4) is 0 Å². The summed E-state index contributed by atoms with van der Waals surface area (Å²) in [7, 11) is -1.23. The van der Waals surface area contributed by atoms with Crippen molar-refractivity contribution in [1.29, 1.82) is 0 Å². The van der Waals surface area contributed by atoms with Crippen LogP contribution >= 0.6 is 0 Å². The third-order valence-corrected chi connectivity index (χ3v) is 36.3. The fraction of sp³-hybridized carbons (Fsp3) is 1.00. The summed E-state index contributed by atoms with van der Waals surface area (Å²) in [5.74, 6) is 0. The van der Waals surface area contributed by atoms with Crippen molar-refractivity contribution < 1.29 is 5.11 Å². The number of aliphatic hydroxyl groups excluding tert-OH is 1. The van der Waals surface area contributed by atoms with Crippen LogP contribution in [0.15, 0.2) is 0 Å². The maximum absolute atomic E-state index is 10.7. The number of hydrogen-bond acceptors (Lipinski definition) is 1. The molecule has 0 saturated carbocycles. The topological polar surface area (TPSA) is 20.2 Å². The van der Waals surface area contributed by atoms with Crippen molar-refractivity contribution in [2.24, 2.45) is 0 Å². The number of aliphatic hydroxyl groups is 1. The van der Waals surface area contributed by atoms with Gasteiger partial charge in [-0.05, 0) is 0 Å². The van der Waals surface area contributed by atoms with E-state index in [1.807, 2.05) is 0 Å². The molecule has 0 heterocycles. The molecule has 0 aliphatic rings. The maximum atomic E-state index is 10.7. The molecule has 0 radical (unpaired) electrons. The molecule has 0 unspecified atom stereocenters. The standard InChI is InChI=1S/C9H21OSi.3C4H9.Sn/c1-5-6-9(10)7-8-11(2,3)4;3*1-3-4-2;/h8-10H,5-7H2,1-4H3;3*1,3-4H2,2H3;/t9-;;;;/m1..../s1. The van der Waals surface area contributed by atoms with Gasteiger partial charge in [-0.15, -0.1) is 0 Å². The van der Waals surface area contributed by atoms with Crippen LogP contribution in [0.4, 0.5) is 0 Å². The Kier molecular flexibility index (Phi) is 13.7. The molecule has 0 spiro atoms. The molecule has 146 valence electrons. The second-order valence-corrected chi connectivity index (χ2v) is 30.4. The molecule has 0 aliphatic carbocycles. The molecular formula is C21H48OSiSn. The van der Waals surface area contributed by atoms with Crippen molar-refractivity contribution in [1.82, 2.24) is 0 Å². The molecule has 0 aromatic heterocycles. The molecule has 0 fully saturated rings. The fourth-order valence-electron chi connectivity index (χ4n) is 4.73. The first kappa shape index (κ1) is 25.0. The zero-order valence-electron chi connectivity index (χ0n) is 18.1. The average Bonchev–Trinajstić information content (AvgIpc) is 2.52. The minimum absolute atomic E-state index is 0.0346. The van der Waals surface area contributed by atoms with Gasteiger partial charge in [0.1, 0.15) is 0 Å². The first-order chi connectivity index (χ1) is 11.3. The van der Waals surface area contributed by atoms with Gasteiger partial charge in [0, 0.05) is 0 Å². The zero-order chi connectivity index (χ0) is 18.6. The van der Waals surface area contributed by atoms with E-state index in [0.717, 1.165) is 22.8 Å². The SMILES string of the molecule is CCC[CH2][Sn]([CH2]CCC)([CH2]CCC)[C@@H](C[C@H](O)CCC)[Si](C)(C)C. The monoisotopic (exact) mass is 464 g/mol. The van der Waals surface area contributed by atoms with Gasteiger partial charge in [0.25, 0.3) is 0 Å². The van der Waals surface area contributed by atoms with E-state index in [2.05, 4.69) is 47.3 Å². The molecule has 24 heavy (non-hydrogen) atoms. The molecule has 0 amide bonds. The van der Waals surface area contributed by atoms with E-state index in [9.17, 15) is 5.11 Å². The number of rotatable bonds is 15. The van der Waals surface area contributed by atoms with E-state index < -0.39 is 26.5 Å². The second-order valence-electron chi connectivity index (χ2n) is 9.27. The summed E-state index contributed by atoms with van der Waals surface area (Å²) in [6.45, 7) is 17.1. The Labute approximate surface area is 159 Å². The van der Waals surface area contributed by atoms with E-state index >= 15 is 0 Å². The van der Waals surface area contributed by atoms with Crippen LogP contribution in [0.1, 0.15) is 85.5 Å². The molecule has 0 aromatic rings. The van der Waals surface area contributed by atoms with Crippen LogP contribution in [0.3, 0.4) is 0 Å². The van der Waals surface area contributed by atoms with Gasteiger partial charge in [0.05, 0.1) is 0 Å². The van der Waals surface area contributed by atoms with Crippen molar-refractivity contribution in [2.75, 3.05) is 0 Å². The predicted octanol–water partition coefficient (Wildman–Crippen LogP) is 7.63. The zero-order valence-corrected chi connectivity index (χ0v) is 21.9. The van der Waals surface area contributed by atoms with Crippen LogP contribution < -0.4 is 0 Å². The first-order valence-corrected chi connectivity index (χ1v) is 22.2. The van der Waals surface area contributed by atoms with Crippen molar-refractivity contribution in [3.63, 3.8) is 0 Å². The number of unbranched alkanes of at least 4 members (excludes halogenated alkanes) is 3. The second kappa shape index (κ2) is 13.2. The van der Waals surface area contributed by atoms with E-state index in [1.54, 1.807) is 13.3 Å². The normalized spacial score (nSPS) is 15.5. The van der Waals surface area contributed by atoms with Gasteiger partial charge in [-0.2, -0.15) is 0 Å². The molecule has 0 bridgehead atoms. The van der Waals surface area contributed by atoms with Crippen LogP contribution in [-0.2, 0) is 0 Å². The van der Waals surface area contributed by atoms with Gasteiger partial charge in [0.2, 0.25) is 0 Å². The van der Waals surface area contributed by atoms with Gasteiger partial charge in [-0.1, -0.05) is 0 Å². The molecule has 2 atom stereocenters. The number of hydrogen-bond donors (Lipinski definition) is 1. The fourth-order valence-corrected chi connectivity index (χ4v) is 42.6. The van der Waals surface area contributed by atoms with Crippen LogP contribution in [0.25, 0.3) is 0 Å². The average molecular weight is 463 g/mol. The van der Waals surface area contributed by atoms with Crippen molar-refractivity contribution in [3.05, 3.63) is 0 Å². The van der Waals surface area contributed by atoms with E-state index in [1.165, 1.54) is 38.5 Å². The predicted molar refractivity (Wildman–Crippen MR) is 118 cm³/mol. The quantitative estimate of drug-likeness (QED) is 0.248. The Balaban J connectivity index is 5.61. The van der Waals surface area contributed by atoms with Crippen LogP contribution in [0, 0.1) is 0 Å². The molecule has 0 aromatic carbocycles. The molecule has 0 aliphatic heterocycles. The summed E-state index contributed by atoms with van der Waals surface area (Å²) >= 11 is -2.24. The van der Waals surface area contributed by atoms with Crippen LogP contribution in [0.5, 0.6) is 0 Å². The summed E-state index contributed by atoms with van der Waals surface area (Å²) in [5, 5.41) is 10.7. The third-order valence-electron chi connectivity index (χ3n) is 6.00. The minimum atomic E-state index is -2.24. The van der Waals surface area contributed by atoms with E-state index in [-0.39, 0.29) is 6.10 Å². The van der Waals surface area contributed by atoms with Crippen LogP contribution in [-0.4, -0.2) is 37.7 Å².